The van der Waals surface area contributed by atoms with E-state index < -0.39 is 12.0 Å². The highest BCUT2D eigenvalue weighted by molar-refractivity contribution is 5.71. The van der Waals surface area contributed by atoms with E-state index in [2.05, 4.69) is 10.3 Å². The van der Waals surface area contributed by atoms with Crippen LogP contribution in [-0.2, 0) is 11.3 Å². The molecule has 1 aromatic rings. The van der Waals surface area contributed by atoms with Crippen molar-refractivity contribution in [2.75, 3.05) is 6.54 Å². The Kier molecular flexibility index (Phi) is 3.64. The number of carboxylic acid groups (broad SMARTS) is 1. The van der Waals surface area contributed by atoms with Crippen molar-refractivity contribution < 1.29 is 9.90 Å². The van der Waals surface area contributed by atoms with Crippen molar-refractivity contribution >= 4 is 5.97 Å². The largest absolute Gasteiger partial charge is 0.480 e. The van der Waals surface area contributed by atoms with Crippen molar-refractivity contribution in [3.63, 3.8) is 0 Å². The Hall–Kier alpha value is -1.36. The minimum absolute atomic E-state index is 0.564. The molecule has 0 amide bonds. The van der Waals surface area contributed by atoms with Gasteiger partial charge in [0.05, 0.1) is 6.54 Å². The zero-order chi connectivity index (χ0) is 10.6. The van der Waals surface area contributed by atoms with Gasteiger partial charge in [0.2, 0.25) is 0 Å². The second-order valence-electron chi connectivity index (χ2n) is 3.05. The first-order valence-corrected chi connectivity index (χ1v) is 4.62. The van der Waals surface area contributed by atoms with Crippen LogP contribution in [0.3, 0.4) is 0 Å². The van der Waals surface area contributed by atoms with E-state index >= 15 is 0 Å². The third-order valence-corrected chi connectivity index (χ3v) is 2.06. The van der Waals surface area contributed by atoms with Gasteiger partial charge in [-0.3, -0.25) is 0 Å². The van der Waals surface area contributed by atoms with Crippen molar-refractivity contribution in [1.29, 1.82) is 0 Å². The summed E-state index contributed by atoms with van der Waals surface area (Å²) in [5.41, 5.74) is 0. The Labute approximate surface area is 82.8 Å². The van der Waals surface area contributed by atoms with Gasteiger partial charge in [-0.15, -0.1) is 0 Å². The molecule has 2 N–H and O–H groups in total. The van der Waals surface area contributed by atoms with Crippen molar-refractivity contribution in [3.8, 4) is 0 Å². The van der Waals surface area contributed by atoms with Crippen molar-refractivity contribution in [3.05, 3.63) is 18.2 Å². The van der Waals surface area contributed by atoms with Crippen LogP contribution in [-0.4, -0.2) is 27.2 Å². The van der Waals surface area contributed by atoms with Crippen LogP contribution >= 0.6 is 0 Å². The van der Waals surface area contributed by atoms with E-state index in [-0.39, 0.29) is 0 Å². The van der Waals surface area contributed by atoms with E-state index in [4.69, 9.17) is 5.11 Å². The van der Waals surface area contributed by atoms with E-state index in [0.717, 1.165) is 12.4 Å². The number of aliphatic carboxylic acids is 1. The Morgan fingerprint density at radius 3 is 3.07 bits per heavy atom. The predicted molar refractivity (Wildman–Crippen MR) is 52.0 cm³/mol. The summed E-state index contributed by atoms with van der Waals surface area (Å²) in [6, 6.07) is -0.564. The molecule has 14 heavy (non-hydrogen) atoms. The molecule has 0 aliphatic carbocycles. The summed E-state index contributed by atoms with van der Waals surface area (Å²) in [5, 5.41) is 11.9. The van der Waals surface area contributed by atoms with E-state index in [1.165, 1.54) is 0 Å². The average Bonchev–Trinajstić information content (AvgIpc) is 2.61. The summed E-state index contributed by atoms with van der Waals surface area (Å²) >= 11 is 0. The summed E-state index contributed by atoms with van der Waals surface area (Å²) in [6.07, 6.45) is 3.30. The maximum atomic E-state index is 10.8. The first kappa shape index (κ1) is 10.7. The summed E-state index contributed by atoms with van der Waals surface area (Å²) in [4.78, 5) is 14.8. The number of nitrogens with zero attached hydrogens (tertiary/aromatic N) is 2. The second-order valence-corrected chi connectivity index (χ2v) is 3.05. The van der Waals surface area contributed by atoms with Crippen LogP contribution in [0.15, 0.2) is 12.4 Å². The fourth-order valence-corrected chi connectivity index (χ4v) is 1.19. The van der Waals surface area contributed by atoms with E-state index in [0.29, 0.717) is 6.54 Å². The van der Waals surface area contributed by atoms with Crippen LogP contribution in [0.1, 0.15) is 25.7 Å². The lowest BCUT2D eigenvalue weighted by atomic mass is 10.3. The third-order valence-electron chi connectivity index (χ3n) is 2.06. The van der Waals surface area contributed by atoms with Gasteiger partial charge in [-0.1, -0.05) is 6.92 Å². The molecule has 1 aromatic heterocycles. The molecular weight excluding hydrogens is 182 g/mol. The molecular formula is C9H15N3O2. The highest BCUT2D eigenvalue weighted by atomic mass is 16.4. The first-order chi connectivity index (χ1) is 6.66. The third kappa shape index (κ3) is 2.32. The topological polar surface area (TPSA) is 67.2 Å². The molecule has 0 fully saturated rings. The monoisotopic (exact) mass is 197 g/mol. The van der Waals surface area contributed by atoms with Gasteiger partial charge in [0.25, 0.3) is 0 Å². The molecule has 0 bridgehead atoms. The van der Waals surface area contributed by atoms with E-state index in [1.54, 1.807) is 23.9 Å². The molecule has 0 saturated heterocycles. The van der Waals surface area contributed by atoms with Gasteiger partial charge in [-0.2, -0.15) is 0 Å². The molecule has 1 atom stereocenters. The minimum atomic E-state index is -0.847. The van der Waals surface area contributed by atoms with Gasteiger partial charge in [0.1, 0.15) is 11.9 Å². The lowest BCUT2D eigenvalue weighted by molar-refractivity contribution is -0.140. The summed E-state index contributed by atoms with van der Waals surface area (Å²) in [5.74, 6) is -0.0949. The Morgan fingerprint density at radius 2 is 2.50 bits per heavy atom. The molecule has 0 aliphatic heterocycles. The SMILES string of the molecule is CCNCc1nccn1C(C)C(=O)O. The van der Waals surface area contributed by atoms with Gasteiger partial charge >= 0.3 is 5.97 Å². The summed E-state index contributed by atoms with van der Waals surface area (Å²) in [7, 11) is 0. The number of imidazole rings is 1. The van der Waals surface area contributed by atoms with Gasteiger partial charge in [0.15, 0.2) is 0 Å². The van der Waals surface area contributed by atoms with Crippen LogP contribution in [0.5, 0.6) is 0 Å². The fraction of sp³-hybridized carbons (Fsp3) is 0.556. The Morgan fingerprint density at radius 1 is 1.79 bits per heavy atom. The van der Waals surface area contributed by atoms with Gasteiger partial charge < -0.3 is 15.0 Å². The highest BCUT2D eigenvalue weighted by Gasteiger charge is 2.15. The van der Waals surface area contributed by atoms with Crippen molar-refractivity contribution in [1.82, 2.24) is 14.9 Å². The highest BCUT2D eigenvalue weighted by Crippen LogP contribution is 2.08. The zero-order valence-electron chi connectivity index (χ0n) is 8.40. The predicted octanol–water partition coefficient (Wildman–Crippen LogP) is 0.638. The smallest absolute Gasteiger partial charge is 0.326 e. The van der Waals surface area contributed by atoms with Crippen molar-refractivity contribution in [2.24, 2.45) is 0 Å². The number of nitrogens with one attached hydrogen (secondary N) is 1. The molecule has 0 radical (unpaired) electrons. The maximum Gasteiger partial charge on any atom is 0.326 e. The van der Waals surface area contributed by atoms with E-state index in [9.17, 15) is 4.79 Å². The molecule has 1 rings (SSSR count). The summed E-state index contributed by atoms with van der Waals surface area (Å²) in [6.45, 7) is 5.07. The average molecular weight is 197 g/mol. The molecule has 0 aromatic carbocycles. The number of rotatable bonds is 5. The van der Waals surface area contributed by atoms with Crippen LogP contribution in [0, 0.1) is 0 Å². The molecule has 78 valence electrons. The molecule has 0 aliphatic rings. The van der Waals surface area contributed by atoms with Crippen LogP contribution in [0.4, 0.5) is 0 Å². The van der Waals surface area contributed by atoms with E-state index in [1.807, 2.05) is 6.92 Å². The maximum absolute atomic E-state index is 10.8. The second kappa shape index (κ2) is 4.76. The molecule has 5 heteroatoms. The van der Waals surface area contributed by atoms with Gasteiger partial charge in [-0.25, -0.2) is 9.78 Å². The lowest BCUT2D eigenvalue weighted by Gasteiger charge is -2.11. The molecule has 0 saturated carbocycles. The summed E-state index contributed by atoms with van der Waals surface area (Å²) < 4.78 is 1.66. The number of aromatic nitrogens is 2. The lowest BCUT2D eigenvalue weighted by Crippen LogP contribution is -2.21. The standard InChI is InChI=1S/C9H15N3O2/c1-3-10-6-8-11-4-5-12(8)7(2)9(13)14/h4-5,7,10H,3,6H2,1-2H3,(H,13,14). The molecule has 1 heterocycles. The van der Waals surface area contributed by atoms with Crippen LogP contribution < -0.4 is 5.32 Å². The number of hydrogen-bond donors (Lipinski definition) is 2. The number of carbonyl (C=O) groups is 1. The minimum Gasteiger partial charge on any atom is -0.480 e. The molecule has 5 nitrogen and oxygen atoms in total. The van der Waals surface area contributed by atoms with Crippen LogP contribution in [0.25, 0.3) is 0 Å². The fourth-order valence-electron chi connectivity index (χ4n) is 1.19. The first-order valence-electron chi connectivity index (χ1n) is 4.62. The van der Waals surface area contributed by atoms with Crippen molar-refractivity contribution in [2.45, 2.75) is 26.4 Å². The Balaban J connectivity index is 2.76. The molecule has 0 spiro atoms. The Bertz CT molecular complexity index is 309. The quantitative estimate of drug-likeness (QED) is 0.726. The van der Waals surface area contributed by atoms with Crippen LogP contribution in [0.2, 0.25) is 0 Å². The number of hydrogen-bond acceptors (Lipinski definition) is 3. The number of carboxylic acids is 1. The molecule has 1 unspecified atom stereocenters. The van der Waals surface area contributed by atoms with Gasteiger partial charge in [0, 0.05) is 12.4 Å². The zero-order valence-corrected chi connectivity index (χ0v) is 8.40. The van der Waals surface area contributed by atoms with Gasteiger partial charge in [-0.05, 0) is 13.5 Å². The normalized spacial score (nSPS) is 12.7.